The summed E-state index contributed by atoms with van der Waals surface area (Å²) in [6, 6.07) is 12.5. The van der Waals surface area contributed by atoms with Crippen molar-refractivity contribution in [3.05, 3.63) is 65.2 Å². The summed E-state index contributed by atoms with van der Waals surface area (Å²) in [5.74, 6) is 1.52. The minimum absolute atomic E-state index is 0.0345. The number of hydrogen-bond acceptors (Lipinski definition) is 5. The van der Waals surface area contributed by atoms with Gasteiger partial charge in [0.15, 0.2) is 5.82 Å². The molecule has 4 rings (SSSR count). The van der Waals surface area contributed by atoms with Gasteiger partial charge in [0.25, 0.3) is 0 Å². The Balaban J connectivity index is 1.51. The maximum atomic E-state index is 5.61. The molecule has 0 spiro atoms. The molecule has 1 saturated heterocycles. The number of halogens is 1. The third kappa shape index (κ3) is 3.64. The standard InChI is InChI=1S/C19H20BrN5O/c20-16-3-1-2-15(12-16)19(6-10-26-11-7-19)13-22-17-4-5-18(24-23-17)25-9-8-21-14-25/h1-5,8-9,12,14H,6-7,10-11,13H2,(H,22,23). The van der Waals surface area contributed by atoms with Gasteiger partial charge in [-0.1, -0.05) is 28.1 Å². The van der Waals surface area contributed by atoms with Crippen LogP contribution in [0.2, 0.25) is 0 Å². The van der Waals surface area contributed by atoms with E-state index in [1.165, 1.54) is 5.56 Å². The zero-order valence-electron chi connectivity index (χ0n) is 14.3. The molecule has 0 unspecified atom stereocenters. The summed E-state index contributed by atoms with van der Waals surface area (Å²) in [5, 5.41) is 12.1. The molecule has 1 aromatic carbocycles. The molecule has 1 fully saturated rings. The summed E-state index contributed by atoms with van der Waals surface area (Å²) < 4.78 is 8.54. The van der Waals surface area contributed by atoms with E-state index >= 15 is 0 Å². The van der Waals surface area contributed by atoms with Crippen molar-refractivity contribution in [2.45, 2.75) is 18.3 Å². The summed E-state index contributed by atoms with van der Waals surface area (Å²) in [7, 11) is 0. The molecule has 2 aromatic heterocycles. The van der Waals surface area contributed by atoms with Gasteiger partial charge in [-0.25, -0.2) is 4.98 Å². The SMILES string of the molecule is Brc1cccc(C2(CNc3ccc(-n4ccnc4)nn3)CCOCC2)c1. The number of hydrogen-bond donors (Lipinski definition) is 1. The van der Waals surface area contributed by atoms with E-state index in [1.807, 2.05) is 22.9 Å². The number of aromatic nitrogens is 4. The van der Waals surface area contributed by atoms with Gasteiger partial charge in [0.1, 0.15) is 12.1 Å². The van der Waals surface area contributed by atoms with Crippen LogP contribution >= 0.6 is 15.9 Å². The van der Waals surface area contributed by atoms with Gasteiger partial charge in [0.05, 0.1) is 0 Å². The zero-order valence-corrected chi connectivity index (χ0v) is 15.9. The summed E-state index contributed by atoms with van der Waals surface area (Å²) in [6.07, 6.45) is 7.25. The normalized spacial score (nSPS) is 16.3. The highest BCUT2D eigenvalue weighted by atomic mass is 79.9. The molecule has 1 aliphatic rings. The van der Waals surface area contributed by atoms with Gasteiger partial charge in [-0.05, 0) is 42.7 Å². The van der Waals surface area contributed by atoms with Crippen molar-refractivity contribution < 1.29 is 4.74 Å². The predicted molar refractivity (Wildman–Crippen MR) is 104 cm³/mol. The van der Waals surface area contributed by atoms with E-state index < -0.39 is 0 Å². The van der Waals surface area contributed by atoms with Crippen LogP contribution in [-0.4, -0.2) is 39.5 Å². The second-order valence-corrected chi connectivity index (χ2v) is 7.42. The minimum atomic E-state index is 0.0345. The van der Waals surface area contributed by atoms with E-state index in [-0.39, 0.29) is 5.41 Å². The quantitative estimate of drug-likeness (QED) is 0.692. The highest BCUT2D eigenvalue weighted by molar-refractivity contribution is 9.10. The lowest BCUT2D eigenvalue weighted by molar-refractivity contribution is 0.0543. The molecule has 3 aromatic rings. The minimum Gasteiger partial charge on any atom is -0.381 e. The fourth-order valence-electron chi connectivity index (χ4n) is 3.36. The van der Waals surface area contributed by atoms with Crippen molar-refractivity contribution in [2.24, 2.45) is 0 Å². The molecule has 134 valence electrons. The second kappa shape index (κ2) is 7.55. The highest BCUT2D eigenvalue weighted by Gasteiger charge is 2.34. The second-order valence-electron chi connectivity index (χ2n) is 6.50. The molecule has 0 bridgehead atoms. The fourth-order valence-corrected chi connectivity index (χ4v) is 3.76. The van der Waals surface area contributed by atoms with Crippen molar-refractivity contribution >= 4 is 21.7 Å². The lowest BCUT2D eigenvalue weighted by Gasteiger charge is -2.38. The van der Waals surface area contributed by atoms with Gasteiger partial charge in [0, 0.05) is 42.0 Å². The molecule has 3 heterocycles. The van der Waals surface area contributed by atoms with Crippen molar-refractivity contribution in [2.75, 3.05) is 25.1 Å². The van der Waals surface area contributed by atoms with Gasteiger partial charge in [-0.15, -0.1) is 10.2 Å². The summed E-state index contributed by atoms with van der Waals surface area (Å²) in [4.78, 5) is 4.03. The number of nitrogens with one attached hydrogen (secondary N) is 1. The van der Waals surface area contributed by atoms with Crippen LogP contribution in [0.3, 0.4) is 0 Å². The van der Waals surface area contributed by atoms with Crippen LogP contribution in [-0.2, 0) is 10.2 Å². The Kier molecular flexibility index (Phi) is 4.99. The van der Waals surface area contributed by atoms with Crippen molar-refractivity contribution in [3.8, 4) is 5.82 Å². The van der Waals surface area contributed by atoms with Gasteiger partial charge in [-0.2, -0.15) is 0 Å². The predicted octanol–water partition coefficient (Wildman–Crippen LogP) is 3.59. The van der Waals surface area contributed by atoms with Crippen LogP contribution in [0.1, 0.15) is 18.4 Å². The maximum absolute atomic E-state index is 5.61. The lowest BCUT2D eigenvalue weighted by atomic mass is 9.74. The number of rotatable bonds is 5. The Hall–Kier alpha value is -2.25. The molecule has 0 amide bonds. The van der Waals surface area contributed by atoms with Crippen LogP contribution in [0.15, 0.2) is 59.6 Å². The Labute approximate surface area is 160 Å². The lowest BCUT2D eigenvalue weighted by Crippen LogP contribution is -2.40. The number of ether oxygens (including phenoxy) is 1. The Morgan fingerprint density at radius 1 is 1.15 bits per heavy atom. The van der Waals surface area contributed by atoms with E-state index in [2.05, 4.69) is 60.7 Å². The van der Waals surface area contributed by atoms with Gasteiger partial charge < -0.3 is 10.1 Å². The maximum Gasteiger partial charge on any atom is 0.160 e. The van der Waals surface area contributed by atoms with Gasteiger partial charge in [0.2, 0.25) is 0 Å². The fraction of sp³-hybridized carbons (Fsp3) is 0.316. The molecule has 0 saturated carbocycles. The molecule has 0 atom stereocenters. The third-order valence-corrected chi connectivity index (χ3v) is 5.41. The zero-order chi connectivity index (χ0) is 17.8. The first-order valence-electron chi connectivity index (χ1n) is 8.65. The average molecular weight is 414 g/mol. The summed E-state index contributed by atoms with van der Waals surface area (Å²) in [5.41, 5.74) is 1.36. The highest BCUT2D eigenvalue weighted by Crippen LogP contribution is 2.36. The first-order chi connectivity index (χ1) is 12.8. The van der Waals surface area contributed by atoms with Crippen LogP contribution in [0, 0.1) is 0 Å². The molecule has 1 N–H and O–H groups in total. The molecule has 7 heteroatoms. The molecular weight excluding hydrogens is 394 g/mol. The van der Waals surface area contributed by atoms with E-state index in [0.29, 0.717) is 0 Å². The Bertz CT molecular complexity index is 845. The van der Waals surface area contributed by atoms with Crippen molar-refractivity contribution in [1.29, 1.82) is 0 Å². The molecule has 6 nitrogen and oxygen atoms in total. The molecule has 0 radical (unpaired) electrons. The van der Waals surface area contributed by atoms with Crippen LogP contribution in [0.5, 0.6) is 0 Å². The molecule has 0 aliphatic carbocycles. The molecule has 26 heavy (non-hydrogen) atoms. The Morgan fingerprint density at radius 3 is 2.73 bits per heavy atom. The van der Waals surface area contributed by atoms with E-state index in [1.54, 1.807) is 12.5 Å². The Morgan fingerprint density at radius 2 is 2.04 bits per heavy atom. The number of benzene rings is 1. The molecule has 1 aliphatic heterocycles. The van der Waals surface area contributed by atoms with Crippen molar-refractivity contribution in [1.82, 2.24) is 19.7 Å². The first-order valence-corrected chi connectivity index (χ1v) is 9.44. The third-order valence-electron chi connectivity index (χ3n) is 4.91. The first kappa shape index (κ1) is 17.2. The van der Waals surface area contributed by atoms with E-state index in [9.17, 15) is 0 Å². The summed E-state index contributed by atoms with van der Waals surface area (Å²) >= 11 is 3.59. The topological polar surface area (TPSA) is 64.9 Å². The molecular formula is C19H20BrN5O. The number of anilines is 1. The van der Waals surface area contributed by atoms with Gasteiger partial charge in [-0.3, -0.25) is 4.57 Å². The van der Waals surface area contributed by atoms with E-state index in [0.717, 1.165) is 48.7 Å². The number of nitrogens with zero attached hydrogens (tertiary/aromatic N) is 4. The van der Waals surface area contributed by atoms with Crippen LogP contribution in [0.25, 0.3) is 5.82 Å². The van der Waals surface area contributed by atoms with E-state index in [4.69, 9.17) is 4.74 Å². The average Bonchev–Trinajstić information content (AvgIpc) is 3.22. The largest absolute Gasteiger partial charge is 0.381 e. The smallest absolute Gasteiger partial charge is 0.160 e. The van der Waals surface area contributed by atoms with Crippen LogP contribution < -0.4 is 5.32 Å². The van der Waals surface area contributed by atoms with Gasteiger partial charge >= 0.3 is 0 Å². The van der Waals surface area contributed by atoms with Crippen molar-refractivity contribution in [3.63, 3.8) is 0 Å². The summed E-state index contributed by atoms with van der Waals surface area (Å²) in [6.45, 7) is 2.35. The van der Waals surface area contributed by atoms with Crippen LogP contribution in [0.4, 0.5) is 5.82 Å². The number of imidazole rings is 1. The monoisotopic (exact) mass is 413 g/mol.